The van der Waals surface area contributed by atoms with Crippen LogP contribution in [0.4, 0.5) is 105 Å². The molecule has 230 valence electrons. The van der Waals surface area contributed by atoms with E-state index in [0.29, 0.717) is 0 Å². The summed E-state index contributed by atoms with van der Waals surface area (Å²) in [4.78, 5) is 0. The van der Waals surface area contributed by atoms with Crippen molar-refractivity contribution in [2.24, 2.45) is 11.5 Å². The Kier molecular flexibility index (Phi) is 7.99. The molecule has 0 bridgehead atoms. The van der Waals surface area contributed by atoms with Crippen LogP contribution in [0.1, 0.15) is 0 Å². The summed E-state index contributed by atoms with van der Waals surface area (Å²) in [5.74, 6) is -90.3. The number of halogens is 24. The summed E-state index contributed by atoms with van der Waals surface area (Å²) in [5.41, 5.74) is 5.92. The van der Waals surface area contributed by atoms with E-state index >= 15 is 0 Å². The lowest BCUT2D eigenvalue weighted by Crippen LogP contribution is -2.79. The van der Waals surface area contributed by atoms with Gasteiger partial charge in [0.05, 0.1) is 0 Å². The normalized spacial score (nSPS) is 17.2. The highest BCUT2D eigenvalue weighted by molar-refractivity contribution is 5.19. The zero-order chi connectivity index (χ0) is 32.0. The van der Waals surface area contributed by atoms with Crippen LogP contribution in [0.5, 0.6) is 0 Å². The maximum Gasteiger partial charge on any atom is 0.392 e. The van der Waals surface area contributed by atoms with E-state index in [2.05, 4.69) is 11.5 Å². The average molecular weight is 632 g/mol. The van der Waals surface area contributed by atoms with Gasteiger partial charge in [0.2, 0.25) is 0 Å². The third kappa shape index (κ3) is 4.00. The molecule has 0 saturated carbocycles. The molecule has 2 nitrogen and oxygen atoms in total. The Balaban J connectivity index is 7.29. The molecule has 26 heteroatoms. The fourth-order valence-corrected chi connectivity index (χ4v) is 2.00. The molecule has 0 aliphatic carbocycles. The van der Waals surface area contributed by atoms with Gasteiger partial charge in [-0.15, -0.1) is 0 Å². The van der Waals surface area contributed by atoms with Gasteiger partial charge in [-0.05, 0) is 0 Å². The van der Waals surface area contributed by atoms with Crippen LogP contribution in [0.15, 0.2) is 0 Å². The summed E-state index contributed by atoms with van der Waals surface area (Å²) in [6.07, 6.45) is 0. The molecular weight excluding hydrogens is 628 g/mol. The monoisotopic (exact) mass is 632 g/mol. The molecule has 0 atom stereocenters. The van der Waals surface area contributed by atoms with Gasteiger partial charge in [-0.1, -0.05) is 0 Å². The van der Waals surface area contributed by atoms with Crippen molar-refractivity contribution in [3.63, 3.8) is 0 Å². The van der Waals surface area contributed by atoms with Crippen molar-refractivity contribution in [2.45, 2.75) is 71.3 Å². The minimum Gasteiger partial charge on any atom is -0.267 e. The van der Waals surface area contributed by atoms with Gasteiger partial charge in [0.15, 0.2) is 0 Å². The predicted molar refractivity (Wildman–Crippen MR) is 67.7 cm³/mol. The molecule has 0 saturated heterocycles. The maximum absolute atomic E-state index is 13.4. The van der Waals surface area contributed by atoms with Crippen LogP contribution in [-0.4, -0.2) is 71.3 Å². The van der Waals surface area contributed by atoms with Crippen molar-refractivity contribution >= 4 is 0 Å². The second-order valence-electron chi connectivity index (χ2n) is 6.99. The zero-order valence-corrected chi connectivity index (χ0v) is 16.2. The molecule has 0 rings (SSSR count). The van der Waals surface area contributed by atoms with Gasteiger partial charge in [0.1, 0.15) is 0 Å². The molecule has 0 aromatic rings. The van der Waals surface area contributed by atoms with Gasteiger partial charge in [0, 0.05) is 0 Å². The largest absolute Gasteiger partial charge is 0.392 e. The van der Waals surface area contributed by atoms with Gasteiger partial charge in [-0.3, -0.25) is 11.5 Å². The number of hydrogen-bond acceptors (Lipinski definition) is 2. The van der Waals surface area contributed by atoms with E-state index < -0.39 is 71.3 Å². The zero-order valence-electron chi connectivity index (χ0n) is 16.2. The highest BCUT2D eigenvalue weighted by Gasteiger charge is 2.99. The van der Waals surface area contributed by atoms with Gasteiger partial charge >= 0.3 is 71.3 Å². The molecule has 0 unspecified atom stereocenters. The number of alkyl halides is 24. The molecule has 0 fully saturated rings. The third-order valence-corrected chi connectivity index (χ3v) is 4.39. The van der Waals surface area contributed by atoms with Crippen molar-refractivity contribution in [1.82, 2.24) is 0 Å². The van der Waals surface area contributed by atoms with Crippen molar-refractivity contribution in [3.05, 3.63) is 0 Å². The summed E-state index contributed by atoms with van der Waals surface area (Å²) in [6.45, 7) is 0. The van der Waals surface area contributed by atoms with Crippen LogP contribution in [0.2, 0.25) is 0 Å². The summed E-state index contributed by atoms with van der Waals surface area (Å²) in [6, 6.07) is -14.3. The fourth-order valence-electron chi connectivity index (χ4n) is 2.00. The smallest absolute Gasteiger partial charge is 0.267 e. The first-order valence-electron chi connectivity index (χ1n) is 7.86. The van der Waals surface area contributed by atoms with E-state index in [1.807, 2.05) is 0 Å². The van der Waals surface area contributed by atoms with Crippen LogP contribution in [0, 0.1) is 0 Å². The lowest BCUT2D eigenvalue weighted by molar-refractivity contribution is -0.478. The summed E-state index contributed by atoms with van der Waals surface area (Å²) < 4.78 is 314. The topological polar surface area (TPSA) is 52.0 Å². The Morgan fingerprint density at radius 3 is 0.342 bits per heavy atom. The number of rotatable bonds is 11. The van der Waals surface area contributed by atoms with E-state index in [9.17, 15) is 105 Å². The van der Waals surface area contributed by atoms with Crippen LogP contribution in [0.25, 0.3) is 0 Å². The SMILES string of the molecule is NC(F)(F)C(F)(F)C(F)(F)C(F)(F)C(F)(F)C(F)(F)C(F)(F)C(F)(F)C(F)(F)C(F)(F)C(F)(F)C(N)(F)F. The lowest BCUT2D eigenvalue weighted by atomic mass is 9.85. The predicted octanol–water partition coefficient (Wildman–Crippen LogP) is 6.44. The lowest BCUT2D eigenvalue weighted by Gasteiger charge is -2.45. The number of hydrogen-bond donors (Lipinski definition) is 2. The molecule has 0 aliphatic rings. The van der Waals surface area contributed by atoms with Crippen molar-refractivity contribution < 1.29 is 105 Å². The number of nitrogens with two attached hydrogens (primary N) is 2. The van der Waals surface area contributed by atoms with Crippen LogP contribution < -0.4 is 11.5 Å². The molecule has 38 heavy (non-hydrogen) atoms. The minimum absolute atomic E-state index is 2.96. The van der Waals surface area contributed by atoms with E-state index in [1.165, 1.54) is 0 Å². The van der Waals surface area contributed by atoms with Crippen LogP contribution in [-0.2, 0) is 0 Å². The molecule has 0 heterocycles. The molecule has 0 radical (unpaired) electrons. The molecular formula is C12H4F24N2. The second-order valence-corrected chi connectivity index (χ2v) is 6.99. The first-order valence-corrected chi connectivity index (χ1v) is 7.86. The summed E-state index contributed by atoms with van der Waals surface area (Å²) >= 11 is 0. The summed E-state index contributed by atoms with van der Waals surface area (Å²) in [7, 11) is 0. The van der Waals surface area contributed by atoms with E-state index in [-0.39, 0.29) is 0 Å². The first-order chi connectivity index (χ1) is 15.8. The summed E-state index contributed by atoms with van der Waals surface area (Å²) in [5, 5.41) is 0. The molecule has 0 amide bonds. The first kappa shape index (κ1) is 36.2. The Morgan fingerprint density at radius 1 is 0.184 bits per heavy atom. The molecule has 0 aliphatic heterocycles. The van der Waals surface area contributed by atoms with E-state index in [1.54, 1.807) is 0 Å². The Morgan fingerprint density at radius 2 is 0.263 bits per heavy atom. The Hall–Kier alpha value is -1.76. The van der Waals surface area contributed by atoms with Crippen LogP contribution in [0.3, 0.4) is 0 Å². The minimum atomic E-state index is -9.50. The highest BCUT2D eigenvalue weighted by Crippen LogP contribution is 2.67. The molecule has 4 N–H and O–H groups in total. The molecule has 0 aromatic heterocycles. The van der Waals surface area contributed by atoms with Gasteiger partial charge < -0.3 is 0 Å². The third-order valence-electron chi connectivity index (χ3n) is 4.39. The highest BCUT2D eigenvalue weighted by atomic mass is 19.4. The van der Waals surface area contributed by atoms with Gasteiger partial charge in [0.25, 0.3) is 0 Å². The van der Waals surface area contributed by atoms with E-state index in [0.717, 1.165) is 0 Å². The Bertz CT molecular complexity index is 802. The molecule has 0 aromatic carbocycles. The Labute approximate surface area is 189 Å². The van der Waals surface area contributed by atoms with Crippen LogP contribution >= 0.6 is 0 Å². The van der Waals surface area contributed by atoms with E-state index in [4.69, 9.17) is 0 Å². The second kappa shape index (κ2) is 8.37. The molecule has 0 spiro atoms. The maximum atomic E-state index is 13.4. The average Bonchev–Trinajstić information content (AvgIpc) is 2.64. The van der Waals surface area contributed by atoms with Crippen molar-refractivity contribution in [3.8, 4) is 0 Å². The fraction of sp³-hybridized carbons (Fsp3) is 1.00. The quantitative estimate of drug-likeness (QED) is 0.204. The van der Waals surface area contributed by atoms with Crippen molar-refractivity contribution in [1.29, 1.82) is 0 Å². The standard InChI is InChI=1S/C12H4F24N2/c13-1(14,3(17,18)5(21,22)7(25,26)9(29,30)11(33,34)37)2(15,16)4(19,20)6(23,24)8(27,28)10(31,32)12(35,36)38/h37-38H2. The van der Waals surface area contributed by atoms with Gasteiger partial charge in [-0.2, -0.15) is 105 Å². The van der Waals surface area contributed by atoms with Crippen molar-refractivity contribution in [2.75, 3.05) is 0 Å². The van der Waals surface area contributed by atoms with Gasteiger partial charge in [-0.25, -0.2) is 0 Å².